The van der Waals surface area contributed by atoms with Crippen molar-refractivity contribution in [2.24, 2.45) is 45.3 Å². The van der Waals surface area contributed by atoms with Gasteiger partial charge in [-0.25, -0.2) is 0 Å². The maximum atomic E-state index is 12.8. The van der Waals surface area contributed by atoms with Crippen LogP contribution in [0.2, 0.25) is 0 Å². The lowest BCUT2D eigenvalue weighted by molar-refractivity contribution is -0.146. The number of aliphatic hydroxyl groups is 2. The van der Waals surface area contributed by atoms with Crippen LogP contribution in [0.25, 0.3) is 0 Å². The molecule has 0 spiro atoms. The fourth-order valence-corrected chi connectivity index (χ4v) is 9.72. The Hall–Kier alpha value is -0.710. The number of hydrogen-bond acceptors (Lipinski definition) is 4. The maximum Gasteiger partial charge on any atom is 0.138 e. The summed E-state index contributed by atoms with van der Waals surface area (Å²) in [6.07, 6.45) is 9.08. The zero-order valence-electron chi connectivity index (χ0n) is 23.9. The summed E-state index contributed by atoms with van der Waals surface area (Å²) in [6.45, 7) is 17.9. The van der Waals surface area contributed by atoms with E-state index in [-0.39, 0.29) is 21.7 Å². The van der Waals surface area contributed by atoms with Crippen molar-refractivity contribution < 1.29 is 19.7 Å². The predicted molar refractivity (Wildman–Crippen MR) is 141 cm³/mol. The van der Waals surface area contributed by atoms with E-state index in [2.05, 4.69) is 47.6 Å². The van der Waals surface area contributed by atoms with Gasteiger partial charge in [-0.3, -0.25) is 4.79 Å². The number of hydrogen-bond donors (Lipinski definition) is 2. The van der Waals surface area contributed by atoms with Crippen LogP contribution in [0.15, 0.2) is 11.6 Å². The molecule has 2 N–H and O–H groups in total. The van der Waals surface area contributed by atoms with E-state index in [1.165, 1.54) is 25.7 Å². The van der Waals surface area contributed by atoms with E-state index >= 15 is 0 Å². The van der Waals surface area contributed by atoms with Crippen LogP contribution in [0, 0.1) is 45.3 Å². The highest BCUT2D eigenvalue weighted by atomic mass is 16.5. The van der Waals surface area contributed by atoms with Crippen LogP contribution in [-0.2, 0) is 9.53 Å². The van der Waals surface area contributed by atoms with Crippen LogP contribution in [-0.4, -0.2) is 40.9 Å². The summed E-state index contributed by atoms with van der Waals surface area (Å²) in [5.74, 6) is 2.33. The van der Waals surface area contributed by atoms with Gasteiger partial charge in [0.05, 0.1) is 11.7 Å². The molecule has 0 bridgehead atoms. The van der Waals surface area contributed by atoms with Gasteiger partial charge >= 0.3 is 0 Å². The molecular formula is C31H52O4. The van der Waals surface area contributed by atoms with Crippen LogP contribution in [0.3, 0.4) is 0 Å². The van der Waals surface area contributed by atoms with Crippen molar-refractivity contribution in [3.63, 3.8) is 0 Å². The van der Waals surface area contributed by atoms with Crippen molar-refractivity contribution in [2.45, 2.75) is 125 Å². The fourth-order valence-electron chi connectivity index (χ4n) is 9.72. The Morgan fingerprint density at radius 3 is 2.37 bits per heavy atom. The molecule has 4 aliphatic carbocycles. The molecule has 0 aromatic carbocycles. The summed E-state index contributed by atoms with van der Waals surface area (Å²) in [6, 6.07) is 0. The van der Waals surface area contributed by atoms with Gasteiger partial charge in [-0.15, -0.1) is 0 Å². The van der Waals surface area contributed by atoms with Crippen LogP contribution >= 0.6 is 0 Å². The number of rotatable bonds is 6. The molecule has 3 saturated carbocycles. The summed E-state index contributed by atoms with van der Waals surface area (Å²) in [7, 11) is 1.59. The van der Waals surface area contributed by atoms with Crippen LogP contribution in [0.4, 0.5) is 0 Å². The van der Waals surface area contributed by atoms with Gasteiger partial charge in [-0.05, 0) is 98.7 Å². The highest BCUT2D eigenvalue weighted by molar-refractivity contribution is 5.85. The first kappa shape index (κ1) is 27.3. The second kappa shape index (κ2) is 8.67. The standard InChI is InChI=1S/C31H52O4/c1-19(18-23(32)26(34)28(4,5)35-9)20-12-16-31(8)22-10-11-24-27(2,3)25(33)14-15-29(24,6)21(22)13-17-30(20,31)7/h10,19-21,23-24,26,32,34H,11-18H2,1-9H3/t19-,20?,21-,23+,24-,26-,29+,30-,31+/m0/s1. The SMILES string of the molecule is COC(C)(C)[C@@H](O)[C@H](O)C[C@H](C)C1CC[C@]2(C)C3=CC[C@H]4C(C)(C)C(=O)CC[C@]4(C)[C@H]3CC[C@@]12C. The summed E-state index contributed by atoms with van der Waals surface area (Å²) >= 11 is 0. The molecule has 1 unspecified atom stereocenters. The predicted octanol–water partition coefficient (Wildman–Crippen LogP) is 6.33. The van der Waals surface area contributed by atoms with Crippen molar-refractivity contribution in [1.29, 1.82) is 0 Å². The number of ether oxygens (including phenoxy) is 1. The van der Waals surface area contributed by atoms with Gasteiger partial charge in [0, 0.05) is 18.9 Å². The number of methoxy groups -OCH3 is 1. The average molecular weight is 489 g/mol. The summed E-state index contributed by atoms with van der Waals surface area (Å²) < 4.78 is 5.44. The quantitative estimate of drug-likeness (QED) is 0.429. The Labute approximate surface area is 214 Å². The lowest BCUT2D eigenvalue weighted by Gasteiger charge is -2.63. The van der Waals surface area contributed by atoms with Gasteiger partial charge in [0.2, 0.25) is 0 Å². The molecule has 0 amide bonds. The largest absolute Gasteiger partial charge is 0.390 e. The monoisotopic (exact) mass is 488 g/mol. The molecule has 4 aliphatic rings. The van der Waals surface area contributed by atoms with Gasteiger partial charge in [0.1, 0.15) is 11.9 Å². The van der Waals surface area contributed by atoms with E-state index in [0.717, 1.165) is 19.3 Å². The van der Waals surface area contributed by atoms with Gasteiger partial charge in [-0.1, -0.05) is 53.2 Å². The second-order valence-corrected chi connectivity index (χ2v) is 14.6. The highest BCUT2D eigenvalue weighted by Gasteiger charge is 2.65. The van der Waals surface area contributed by atoms with Crippen molar-refractivity contribution in [3.05, 3.63) is 11.6 Å². The zero-order chi connectivity index (χ0) is 26.2. The number of carbonyl (C=O) groups is 1. The Morgan fingerprint density at radius 2 is 1.74 bits per heavy atom. The van der Waals surface area contributed by atoms with Crippen molar-refractivity contribution in [1.82, 2.24) is 0 Å². The van der Waals surface area contributed by atoms with Crippen LogP contribution in [0.1, 0.15) is 107 Å². The second-order valence-electron chi connectivity index (χ2n) is 14.6. The highest BCUT2D eigenvalue weighted by Crippen LogP contribution is 2.73. The number of carbonyl (C=O) groups excluding carboxylic acids is 1. The number of Topliss-reactive ketones (excluding diaryl/α,β-unsaturated/α-hetero) is 1. The molecule has 4 rings (SSSR count). The van der Waals surface area contributed by atoms with E-state index in [1.54, 1.807) is 12.7 Å². The molecule has 200 valence electrons. The van der Waals surface area contributed by atoms with Gasteiger partial charge in [-0.2, -0.15) is 0 Å². The van der Waals surface area contributed by atoms with Crippen molar-refractivity contribution in [3.8, 4) is 0 Å². The van der Waals surface area contributed by atoms with Gasteiger partial charge < -0.3 is 14.9 Å². The molecule has 0 saturated heterocycles. The summed E-state index contributed by atoms with van der Waals surface area (Å²) in [5.41, 5.74) is 1.27. The molecule has 0 heterocycles. The van der Waals surface area contributed by atoms with E-state index in [0.29, 0.717) is 35.9 Å². The van der Waals surface area contributed by atoms with Crippen molar-refractivity contribution in [2.75, 3.05) is 7.11 Å². The Morgan fingerprint density at radius 1 is 1.09 bits per heavy atom. The maximum absolute atomic E-state index is 12.8. The van der Waals surface area contributed by atoms with Crippen molar-refractivity contribution >= 4 is 5.78 Å². The molecular weight excluding hydrogens is 436 g/mol. The lowest BCUT2D eigenvalue weighted by Crippen LogP contribution is -2.57. The van der Waals surface area contributed by atoms with E-state index < -0.39 is 17.8 Å². The first-order chi connectivity index (χ1) is 16.1. The number of aliphatic hydroxyl groups excluding tert-OH is 2. The molecule has 0 aliphatic heterocycles. The zero-order valence-corrected chi connectivity index (χ0v) is 23.9. The lowest BCUT2D eigenvalue weighted by atomic mass is 9.41. The normalized spacial score (nSPS) is 43.5. The number of allylic oxidation sites excluding steroid dienone is 2. The number of fused-ring (bicyclic) bond motifs is 5. The van der Waals surface area contributed by atoms with Crippen LogP contribution in [0.5, 0.6) is 0 Å². The third-order valence-electron chi connectivity index (χ3n) is 12.5. The first-order valence-electron chi connectivity index (χ1n) is 14.2. The third kappa shape index (κ3) is 3.83. The van der Waals surface area contributed by atoms with E-state index in [4.69, 9.17) is 4.74 Å². The topological polar surface area (TPSA) is 66.8 Å². The Kier molecular flexibility index (Phi) is 6.77. The van der Waals surface area contributed by atoms with E-state index in [1.807, 2.05) is 13.8 Å². The third-order valence-corrected chi connectivity index (χ3v) is 12.5. The fraction of sp³-hybridized carbons (Fsp3) is 0.903. The molecule has 0 aromatic rings. The molecule has 0 aromatic heterocycles. The number of ketones is 1. The minimum absolute atomic E-state index is 0.170. The summed E-state index contributed by atoms with van der Waals surface area (Å²) in [4.78, 5) is 12.8. The smallest absolute Gasteiger partial charge is 0.138 e. The summed E-state index contributed by atoms with van der Waals surface area (Å²) in [5, 5.41) is 21.6. The molecule has 35 heavy (non-hydrogen) atoms. The molecule has 0 radical (unpaired) electrons. The first-order valence-corrected chi connectivity index (χ1v) is 14.2. The molecule has 3 fully saturated rings. The average Bonchev–Trinajstić information content (AvgIpc) is 3.07. The Balaban J connectivity index is 1.59. The van der Waals surface area contributed by atoms with Gasteiger partial charge in [0.25, 0.3) is 0 Å². The Bertz CT molecular complexity index is 873. The van der Waals surface area contributed by atoms with Crippen LogP contribution < -0.4 is 0 Å². The minimum Gasteiger partial charge on any atom is -0.390 e. The molecule has 9 atom stereocenters. The van der Waals surface area contributed by atoms with Gasteiger partial charge in [0.15, 0.2) is 0 Å². The molecule has 4 heteroatoms. The minimum atomic E-state index is -0.901. The van der Waals surface area contributed by atoms with E-state index in [9.17, 15) is 15.0 Å². The molecule has 4 nitrogen and oxygen atoms in total.